The van der Waals surface area contributed by atoms with E-state index < -0.39 is 5.56 Å². The Morgan fingerprint density at radius 2 is 1.65 bits per heavy atom. The maximum absolute atomic E-state index is 12.4. The number of nitriles is 1. The van der Waals surface area contributed by atoms with Crippen LogP contribution in [0.4, 0.5) is 5.95 Å². The standard InChI is InChI=1S/C22H22N4O5/c1-28-15-7-5-14(6-8-15)19-16(11-23)21(27)26-22(25-19)24-12-13-9-17(29-2)20(31-4)18(10-13)30-3/h5-10H,12H2,1-4H3,(H2,24,25,26,27). The summed E-state index contributed by atoms with van der Waals surface area (Å²) in [6.07, 6.45) is 0. The van der Waals surface area contributed by atoms with E-state index in [0.717, 1.165) is 5.56 Å². The Morgan fingerprint density at radius 3 is 2.16 bits per heavy atom. The fraction of sp³-hybridized carbons (Fsp3) is 0.227. The molecule has 0 spiro atoms. The Balaban J connectivity index is 1.93. The normalized spacial score (nSPS) is 10.2. The lowest BCUT2D eigenvalue weighted by atomic mass is 10.1. The van der Waals surface area contributed by atoms with E-state index in [4.69, 9.17) is 18.9 Å². The molecule has 1 aromatic heterocycles. The second-order valence-corrected chi connectivity index (χ2v) is 6.37. The van der Waals surface area contributed by atoms with Crippen LogP contribution in [0.5, 0.6) is 23.0 Å². The Morgan fingerprint density at radius 1 is 1.00 bits per heavy atom. The summed E-state index contributed by atoms with van der Waals surface area (Å²) in [6, 6.07) is 12.5. The van der Waals surface area contributed by atoms with Crippen LogP contribution in [-0.4, -0.2) is 38.4 Å². The monoisotopic (exact) mass is 422 g/mol. The van der Waals surface area contributed by atoms with E-state index in [-0.39, 0.29) is 17.2 Å². The zero-order valence-corrected chi connectivity index (χ0v) is 17.6. The summed E-state index contributed by atoms with van der Waals surface area (Å²) in [4.78, 5) is 19.5. The molecule has 0 saturated heterocycles. The molecular formula is C22H22N4O5. The predicted molar refractivity (Wildman–Crippen MR) is 115 cm³/mol. The van der Waals surface area contributed by atoms with Gasteiger partial charge in [0.2, 0.25) is 11.7 Å². The second-order valence-electron chi connectivity index (χ2n) is 6.37. The fourth-order valence-electron chi connectivity index (χ4n) is 3.04. The maximum Gasteiger partial charge on any atom is 0.270 e. The fourth-order valence-corrected chi connectivity index (χ4v) is 3.04. The number of aromatic nitrogens is 2. The van der Waals surface area contributed by atoms with Crippen LogP contribution in [0.15, 0.2) is 41.2 Å². The predicted octanol–water partition coefficient (Wildman–Crippen LogP) is 2.96. The molecule has 2 N–H and O–H groups in total. The van der Waals surface area contributed by atoms with Crippen LogP contribution in [0.2, 0.25) is 0 Å². The van der Waals surface area contributed by atoms with E-state index in [0.29, 0.717) is 35.1 Å². The highest BCUT2D eigenvalue weighted by atomic mass is 16.5. The van der Waals surface area contributed by atoms with Gasteiger partial charge in [0, 0.05) is 12.1 Å². The summed E-state index contributed by atoms with van der Waals surface area (Å²) in [6.45, 7) is 0.313. The van der Waals surface area contributed by atoms with Crippen molar-refractivity contribution in [2.45, 2.75) is 6.54 Å². The third kappa shape index (κ3) is 4.53. The van der Waals surface area contributed by atoms with Crippen molar-refractivity contribution in [3.63, 3.8) is 0 Å². The van der Waals surface area contributed by atoms with Gasteiger partial charge in [0.15, 0.2) is 11.5 Å². The van der Waals surface area contributed by atoms with Gasteiger partial charge in [-0.15, -0.1) is 0 Å². The number of nitrogens with one attached hydrogen (secondary N) is 2. The lowest BCUT2D eigenvalue weighted by molar-refractivity contribution is 0.324. The minimum atomic E-state index is -0.532. The number of benzene rings is 2. The van der Waals surface area contributed by atoms with Crippen LogP contribution in [-0.2, 0) is 6.54 Å². The van der Waals surface area contributed by atoms with Crippen LogP contribution < -0.4 is 29.8 Å². The molecule has 0 atom stereocenters. The minimum absolute atomic E-state index is 0.0662. The first-order valence-corrected chi connectivity index (χ1v) is 9.26. The molecular weight excluding hydrogens is 400 g/mol. The van der Waals surface area contributed by atoms with Crippen molar-refractivity contribution in [2.75, 3.05) is 33.8 Å². The van der Waals surface area contributed by atoms with Gasteiger partial charge in [-0.1, -0.05) is 0 Å². The Labute approximate surface area is 179 Å². The summed E-state index contributed by atoms with van der Waals surface area (Å²) < 4.78 is 21.2. The van der Waals surface area contributed by atoms with Crippen LogP contribution >= 0.6 is 0 Å². The summed E-state index contributed by atoms with van der Waals surface area (Å²) in [7, 11) is 6.17. The molecule has 0 unspecified atom stereocenters. The maximum atomic E-state index is 12.4. The smallest absolute Gasteiger partial charge is 0.270 e. The van der Waals surface area contributed by atoms with Crippen molar-refractivity contribution in [1.29, 1.82) is 5.26 Å². The molecule has 3 rings (SSSR count). The number of hydrogen-bond donors (Lipinski definition) is 2. The largest absolute Gasteiger partial charge is 0.497 e. The number of H-pyrrole nitrogens is 1. The average Bonchev–Trinajstić information content (AvgIpc) is 2.81. The number of hydrogen-bond acceptors (Lipinski definition) is 8. The van der Waals surface area contributed by atoms with Gasteiger partial charge in [-0.25, -0.2) is 4.98 Å². The van der Waals surface area contributed by atoms with Gasteiger partial charge in [0.05, 0.1) is 34.1 Å². The van der Waals surface area contributed by atoms with Crippen LogP contribution in [0.25, 0.3) is 11.3 Å². The molecule has 9 nitrogen and oxygen atoms in total. The molecule has 0 aliphatic rings. The third-order valence-corrected chi connectivity index (χ3v) is 4.58. The van der Waals surface area contributed by atoms with E-state index in [9.17, 15) is 10.1 Å². The van der Waals surface area contributed by atoms with Crippen molar-refractivity contribution < 1.29 is 18.9 Å². The number of methoxy groups -OCH3 is 4. The van der Waals surface area contributed by atoms with Gasteiger partial charge < -0.3 is 24.3 Å². The first-order chi connectivity index (χ1) is 15.0. The van der Waals surface area contributed by atoms with Gasteiger partial charge in [-0.2, -0.15) is 5.26 Å². The van der Waals surface area contributed by atoms with Gasteiger partial charge in [0.1, 0.15) is 17.4 Å². The molecule has 9 heteroatoms. The summed E-state index contributed by atoms with van der Waals surface area (Å²) >= 11 is 0. The van der Waals surface area contributed by atoms with E-state index >= 15 is 0 Å². The second kappa shape index (κ2) is 9.54. The van der Waals surface area contributed by atoms with E-state index in [1.165, 1.54) is 21.3 Å². The number of anilines is 1. The summed E-state index contributed by atoms with van der Waals surface area (Å²) in [5.41, 5.74) is 1.12. The molecule has 0 aliphatic carbocycles. The van der Waals surface area contributed by atoms with E-state index in [1.54, 1.807) is 43.5 Å². The lowest BCUT2D eigenvalue weighted by Gasteiger charge is -2.15. The van der Waals surface area contributed by atoms with Crippen molar-refractivity contribution in [3.05, 3.63) is 57.9 Å². The van der Waals surface area contributed by atoms with Crippen molar-refractivity contribution >= 4 is 5.95 Å². The van der Waals surface area contributed by atoms with Crippen LogP contribution in [0, 0.1) is 11.3 Å². The number of rotatable bonds is 8. The Kier molecular flexibility index (Phi) is 6.62. The molecule has 0 radical (unpaired) electrons. The van der Waals surface area contributed by atoms with Gasteiger partial charge >= 0.3 is 0 Å². The number of ether oxygens (including phenoxy) is 4. The van der Waals surface area contributed by atoms with Crippen molar-refractivity contribution in [3.8, 4) is 40.3 Å². The molecule has 0 fully saturated rings. The zero-order chi connectivity index (χ0) is 22.4. The molecule has 160 valence electrons. The molecule has 3 aromatic rings. The topological polar surface area (TPSA) is 118 Å². The van der Waals surface area contributed by atoms with Gasteiger partial charge in [0.25, 0.3) is 5.56 Å². The number of aromatic amines is 1. The minimum Gasteiger partial charge on any atom is -0.497 e. The van der Waals surface area contributed by atoms with Crippen molar-refractivity contribution in [2.24, 2.45) is 0 Å². The quantitative estimate of drug-likeness (QED) is 0.569. The first-order valence-electron chi connectivity index (χ1n) is 9.26. The highest BCUT2D eigenvalue weighted by molar-refractivity contribution is 5.67. The first kappa shape index (κ1) is 21.5. The van der Waals surface area contributed by atoms with Crippen LogP contribution in [0.1, 0.15) is 11.1 Å². The van der Waals surface area contributed by atoms with Crippen molar-refractivity contribution in [1.82, 2.24) is 9.97 Å². The van der Waals surface area contributed by atoms with Gasteiger partial charge in [-0.3, -0.25) is 9.78 Å². The molecule has 0 bridgehead atoms. The molecule has 0 saturated carbocycles. The summed E-state index contributed by atoms with van der Waals surface area (Å²) in [5, 5.41) is 12.5. The van der Waals surface area contributed by atoms with Crippen LogP contribution in [0.3, 0.4) is 0 Å². The molecule has 31 heavy (non-hydrogen) atoms. The molecule has 2 aromatic carbocycles. The zero-order valence-electron chi connectivity index (χ0n) is 17.6. The molecule has 1 heterocycles. The lowest BCUT2D eigenvalue weighted by Crippen LogP contribution is -2.17. The average molecular weight is 422 g/mol. The summed E-state index contributed by atoms with van der Waals surface area (Å²) in [5.74, 6) is 2.40. The van der Waals surface area contributed by atoms with E-state index in [1.807, 2.05) is 6.07 Å². The highest BCUT2D eigenvalue weighted by Crippen LogP contribution is 2.38. The highest BCUT2D eigenvalue weighted by Gasteiger charge is 2.15. The third-order valence-electron chi connectivity index (χ3n) is 4.58. The Hall–Kier alpha value is -4.19. The van der Waals surface area contributed by atoms with E-state index in [2.05, 4.69) is 15.3 Å². The molecule has 0 aliphatic heterocycles. The SMILES string of the molecule is COc1ccc(-c2nc(NCc3cc(OC)c(OC)c(OC)c3)[nH]c(=O)c2C#N)cc1. The Bertz CT molecular complexity index is 1140. The number of nitrogens with zero attached hydrogens (tertiary/aromatic N) is 2. The van der Waals surface area contributed by atoms with Gasteiger partial charge in [-0.05, 0) is 42.0 Å². The molecule has 0 amide bonds.